The van der Waals surface area contributed by atoms with Crippen LogP contribution in [0.15, 0.2) is 53.9 Å². The SMILES string of the molecule is COc1cccc(N[C@@H]2CCN(C3=NC(c4ccncn4)=CCN3C)C2)c1. The summed E-state index contributed by atoms with van der Waals surface area (Å²) in [6, 6.07) is 10.3. The first-order chi connectivity index (χ1) is 13.2. The van der Waals surface area contributed by atoms with Gasteiger partial charge in [-0.25, -0.2) is 15.0 Å². The fraction of sp³-hybridized carbons (Fsp3) is 0.350. The van der Waals surface area contributed by atoms with E-state index in [-0.39, 0.29) is 0 Å². The lowest BCUT2D eigenvalue weighted by Gasteiger charge is -2.31. The number of likely N-dealkylation sites (N-methyl/N-ethyl adjacent to an activating group) is 1. The Balaban J connectivity index is 1.45. The quantitative estimate of drug-likeness (QED) is 0.898. The monoisotopic (exact) mass is 364 g/mol. The number of likely N-dealkylation sites (tertiary alicyclic amines) is 1. The summed E-state index contributed by atoms with van der Waals surface area (Å²) in [6.45, 7) is 2.71. The van der Waals surface area contributed by atoms with Gasteiger partial charge >= 0.3 is 0 Å². The molecule has 0 aliphatic carbocycles. The van der Waals surface area contributed by atoms with Gasteiger partial charge in [0.2, 0.25) is 5.96 Å². The van der Waals surface area contributed by atoms with E-state index in [1.54, 1.807) is 19.6 Å². The molecule has 1 saturated heterocycles. The van der Waals surface area contributed by atoms with Crippen LogP contribution in [-0.2, 0) is 0 Å². The van der Waals surface area contributed by atoms with E-state index in [1.807, 2.05) is 24.3 Å². The maximum atomic E-state index is 5.31. The molecule has 0 bridgehead atoms. The molecule has 1 aromatic carbocycles. The summed E-state index contributed by atoms with van der Waals surface area (Å²) in [6.07, 6.45) is 6.48. The summed E-state index contributed by atoms with van der Waals surface area (Å²) >= 11 is 0. The highest BCUT2D eigenvalue weighted by atomic mass is 16.5. The molecule has 140 valence electrons. The molecular formula is C20H24N6O. The molecule has 7 nitrogen and oxygen atoms in total. The van der Waals surface area contributed by atoms with Crippen molar-refractivity contribution in [2.75, 3.05) is 39.1 Å². The molecule has 1 aromatic heterocycles. The number of benzene rings is 1. The normalized spacial score (nSPS) is 19.6. The van der Waals surface area contributed by atoms with Gasteiger partial charge < -0.3 is 19.9 Å². The molecule has 0 radical (unpaired) electrons. The first kappa shape index (κ1) is 17.3. The minimum Gasteiger partial charge on any atom is -0.497 e. The summed E-state index contributed by atoms with van der Waals surface area (Å²) in [5.74, 6) is 1.87. The molecule has 2 aliphatic heterocycles. The Labute approximate surface area is 159 Å². The minimum atomic E-state index is 0.376. The van der Waals surface area contributed by atoms with Crippen molar-refractivity contribution in [3.05, 3.63) is 54.6 Å². The maximum Gasteiger partial charge on any atom is 0.201 e. The number of aromatic nitrogens is 2. The van der Waals surface area contributed by atoms with Gasteiger partial charge in [-0.3, -0.25) is 0 Å². The third-order valence-corrected chi connectivity index (χ3v) is 4.88. The van der Waals surface area contributed by atoms with Crippen LogP contribution in [0, 0.1) is 0 Å². The standard InChI is InChI=1S/C20H24N6O/c1-25-10-8-19(18-6-9-21-14-22-18)24-20(25)26-11-7-16(13-26)23-15-4-3-5-17(12-15)27-2/h3-6,8-9,12,14,16,23H,7,10-11,13H2,1-2H3/t16-/m1/s1. The molecule has 7 heteroatoms. The average molecular weight is 364 g/mol. The Morgan fingerprint density at radius 2 is 2.19 bits per heavy atom. The number of nitrogens with one attached hydrogen (secondary N) is 1. The van der Waals surface area contributed by atoms with Gasteiger partial charge in [0.1, 0.15) is 12.1 Å². The third-order valence-electron chi connectivity index (χ3n) is 4.88. The van der Waals surface area contributed by atoms with Crippen LogP contribution in [0.1, 0.15) is 12.1 Å². The van der Waals surface area contributed by atoms with Gasteiger partial charge in [0.05, 0.1) is 18.5 Å². The Morgan fingerprint density at radius 1 is 1.26 bits per heavy atom. The largest absolute Gasteiger partial charge is 0.497 e. The summed E-state index contributed by atoms with van der Waals surface area (Å²) in [7, 11) is 3.77. The van der Waals surface area contributed by atoms with Gasteiger partial charge in [-0.1, -0.05) is 6.07 Å². The van der Waals surface area contributed by atoms with Gasteiger partial charge in [-0.2, -0.15) is 0 Å². The molecule has 1 N–H and O–H groups in total. The van der Waals surface area contributed by atoms with Crippen molar-refractivity contribution in [1.82, 2.24) is 19.8 Å². The summed E-state index contributed by atoms with van der Waals surface area (Å²) < 4.78 is 5.31. The molecular weight excluding hydrogens is 340 g/mol. The fourth-order valence-corrected chi connectivity index (χ4v) is 3.47. The van der Waals surface area contributed by atoms with Crippen LogP contribution in [0.4, 0.5) is 5.69 Å². The van der Waals surface area contributed by atoms with Crippen LogP contribution in [-0.4, -0.2) is 65.6 Å². The molecule has 0 spiro atoms. The Bertz CT molecular complexity index is 851. The van der Waals surface area contributed by atoms with E-state index in [1.165, 1.54) is 0 Å². The van der Waals surface area contributed by atoms with E-state index in [4.69, 9.17) is 9.73 Å². The molecule has 4 rings (SSSR count). The number of anilines is 1. The minimum absolute atomic E-state index is 0.376. The lowest BCUT2D eigenvalue weighted by Crippen LogP contribution is -2.43. The second-order valence-electron chi connectivity index (χ2n) is 6.78. The average Bonchev–Trinajstić information content (AvgIpc) is 3.17. The highest BCUT2D eigenvalue weighted by Gasteiger charge is 2.28. The van der Waals surface area contributed by atoms with Crippen LogP contribution in [0.3, 0.4) is 0 Å². The predicted octanol–water partition coefficient (Wildman–Crippen LogP) is 2.31. The van der Waals surface area contributed by atoms with E-state index in [9.17, 15) is 0 Å². The van der Waals surface area contributed by atoms with E-state index in [0.29, 0.717) is 6.04 Å². The summed E-state index contributed by atoms with van der Waals surface area (Å²) in [4.78, 5) is 17.7. The first-order valence-corrected chi connectivity index (χ1v) is 9.15. The molecule has 27 heavy (non-hydrogen) atoms. The van der Waals surface area contributed by atoms with Gasteiger partial charge in [0.15, 0.2) is 0 Å². The fourth-order valence-electron chi connectivity index (χ4n) is 3.47. The lowest BCUT2D eigenvalue weighted by atomic mass is 10.2. The zero-order valence-corrected chi connectivity index (χ0v) is 15.7. The van der Waals surface area contributed by atoms with E-state index in [0.717, 1.165) is 54.8 Å². The molecule has 2 aromatic rings. The van der Waals surface area contributed by atoms with E-state index in [2.05, 4.69) is 44.3 Å². The zero-order valence-electron chi connectivity index (χ0n) is 15.7. The highest BCUT2D eigenvalue weighted by Crippen LogP contribution is 2.23. The van der Waals surface area contributed by atoms with Crippen molar-refractivity contribution in [2.45, 2.75) is 12.5 Å². The molecule has 0 saturated carbocycles. The smallest absolute Gasteiger partial charge is 0.201 e. The van der Waals surface area contributed by atoms with E-state index < -0.39 is 0 Å². The lowest BCUT2D eigenvalue weighted by molar-refractivity contribution is 0.407. The van der Waals surface area contributed by atoms with Crippen molar-refractivity contribution in [3.8, 4) is 5.75 Å². The molecule has 1 atom stereocenters. The maximum absolute atomic E-state index is 5.31. The van der Waals surface area contributed by atoms with Crippen LogP contribution in [0.25, 0.3) is 5.70 Å². The van der Waals surface area contributed by atoms with Crippen LogP contribution >= 0.6 is 0 Å². The van der Waals surface area contributed by atoms with Gasteiger partial charge in [-0.15, -0.1) is 0 Å². The third kappa shape index (κ3) is 3.86. The van der Waals surface area contributed by atoms with E-state index >= 15 is 0 Å². The van der Waals surface area contributed by atoms with Crippen molar-refractivity contribution < 1.29 is 4.74 Å². The first-order valence-electron chi connectivity index (χ1n) is 9.15. The Morgan fingerprint density at radius 3 is 3.00 bits per heavy atom. The Kier molecular flexibility index (Phi) is 4.91. The predicted molar refractivity (Wildman–Crippen MR) is 107 cm³/mol. The van der Waals surface area contributed by atoms with Gasteiger partial charge in [0.25, 0.3) is 0 Å². The number of hydrogen-bond acceptors (Lipinski definition) is 7. The summed E-state index contributed by atoms with van der Waals surface area (Å²) in [5, 5.41) is 3.61. The second-order valence-corrected chi connectivity index (χ2v) is 6.78. The number of ether oxygens (including phenoxy) is 1. The number of hydrogen-bond donors (Lipinski definition) is 1. The van der Waals surface area contributed by atoms with Crippen molar-refractivity contribution in [2.24, 2.45) is 4.99 Å². The van der Waals surface area contributed by atoms with Gasteiger partial charge in [0, 0.05) is 50.7 Å². The number of aliphatic imine (C=N–C) groups is 1. The topological polar surface area (TPSA) is 65.9 Å². The van der Waals surface area contributed by atoms with Crippen LogP contribution in [0.2, 0.25) is 0 Å². The molecule has 1 fully saturated rings. The Hall–Kier alpha value is -3.09. The second kappa shape index (κ2) is 7.65. The van der Waals surface area contributed by atoms with Crippen molar-refractivity contribution >= 4 is 17.3 Å². The van der Waals surface area contributed by atoms with Crippen LogP contribution < -0.4 is 10.1 Å². The number of nitrogens with zero attached hydrogens (tertiary/aromatic N) is 5. The zero-order chi connectivity index (χ0) is 18.6. The molecule has 0 unspecified atom stereocenters. The summed E-state index contributed by atoms with van der Waals surface area (Å²) in [5.41, 5.74) is 2.86. The van der Waals surface area contributed by atoms with Crippen molar-refractivity contribution in [3.63, 3.8) is 0 Å². The number of rotatable bonds is 4. The van der Waals surface area contributed by atoms with Crippen LogP contribution in [0.5, 0.6) is 5.75 Å². The molecule has 3 heterocycles. The highest BCUT2D eigenvalue weighted by molar-refractivity contribution is 5.88. The molecule has 2 aliphatic rings. The van der Waals surface area contributed by atoms with Crippen molar-refractivity contribution in [1.29, 1.82) is 0 Å². The van der Waals surface area contributed by atoms with Gasteiger partial charge in [-0.05, 0) is 30.7 Å². The number of guanidine groups is 1. The number of methoxy groups -OCH3 is 1. The molecule has 0 amide bonds.